The van der Waals surface area contributed by atoms with Gasteiger partial charge >= 0.3 is 24.1 Å². The number of anilines is 2. The van der Waals surface area contributed by atoms with E-state index >= 15 is 0 Å². The lowest BCUT2D eigenvalue weighted by molar-refractivity contribution is -0.128. The van der Waals surface area contributed by atoms with Gasteiger partial charge in [0.25, 0.3) is 17.7 Å². The number of aromatic nitrogens is 1. The summed E-state index contributed by atoms with van der Waals surface area (Å²) < 4.78 is 0. The summed E-state index contributed by atoms with van der Waals surface area (Å²) in [5.41, 5.74) is 7.07. The van der Waals surface area contributed by atoms with Crippen LogP contribution in [0.15, 0.2) is 172 Å². The van der Waals surface area contributed by atoms with E-state index in [9.17, 15) is 33.6 Å². The molecule has 8 aliphatic heterocycles. The Morgan fingerprint density at radius 2 is 0.705 bits per heavy atom. The molecule has 9 heterocycles. The molecule has 1 saturated heterocycles. The molecular formula is C89H138N26O7. The number of likely N-dealkylation sites (N-methyl/N-ethyl adjacent to an activating group) is 1. The molecule has 16 N–H and O–H groups in total. The summed E-state index contributed by atoms with van der Waals surface area (Å²) in [5, 5.41) is 48.1. The summed E-state index contributed by atoms with van der Waals surface area (Å²) in [6.07, 6.45) is 28.8. The van der Waals surface area contributed by atoms with E-state index in [4.69, 9.17) is 0 Å². The molecule has 1 aromatic carbocycles. The number of para-hydroxylation sites is 1. The molecule has 0 atom stereocenters. The van der Waals surface area contributed by atoms with E-state index < -0.39 is 0 Å². The van der Waals surface area contributed by atoms with Crippen molar-refractivity contribution in [1.29, 1.82) is 0 Å². The molecule has 11 amide bonds. The van der Waals surface area contributed by atoms with Crippen LogP contribution in [-0.2, 0) is 14.4 Å². The number of piperidine rings is 1. The number of amidine groups is 7. The van der Waals surface area contributed by atoms with Gasteiger partial charge in [0.2, 0.25) is 0 Å². The lowest BCUT2D eigenvalue weighted by Gasteiger charge is -2.30. The van der Waals surface area contributed by atoms with Gasteiger partial charge in [-0.2, -0.15) is 0 Å². The molecule has 3 saturated carbocycles. The first-order chi connectivity index (χ1) is 58.3. The lowest BCUT2D eigenvalue weighted by atomic mass is 9.93. The third-order valence-electron chi connectivity index (χ3n) is 19.2. The third-order valence-corrected chi connectivity index (χ3v) is 19.2. The monoisotopic (exact) mass is 1680 g/mol. The zero-order chi connectivity index (χ0) is 88.6. The Morgan fingerprint density at radius 1 is 0.369 bits per heavy atom. The van der Waals surface area contributed by atoms with Crippen molar-refractivity contribution < 1.29 is 33.6 Å². The molecule has 122 heavy (non-hydrogen) atoms. The van der Waals surface area contributed by atoms with E-state index in [-0.39, 0.29) is 41.8 Å². The first kappa shape index (κ1) is 97.5. The first-order valence-electron chi connectivity index (χ1n) is 43.6. The number of pyridine rings is 1. The Bertz CT molecular complexity index is 4250. The maximum Gasteiger partial charge on any atom is 0.323 e. The molecular weight excluding hydrogens is 1550 g/mol. The van der Waals surface area contributed by atoms with E-state index in [1.807, 2.05) is 118 Å². The highest BCUT2D eigenvalue weighted by molar-refractivity contribution is 6.11. The van der Waals surface area contributed by atoms with Crippen LogP contribution in [0.4, 0.5) is 30.6 Å². The number of hydrogen-bond donors (Lipinski definition) is 16. The quantitative estimate of drug-likeness (QED) is 0.0553. The second-order valence-electron chi connectivity index (χ2n) is 33.5. The smallest absolute Gasteiger partial charge is 0.323 e. The van der Waals surface area contributed by atoms with Crippen LogP contribution in [-0.4, -0.2) is 230 Å². The Kier molecular flexibility index (Phi) is 40.9. The van der Waals surface area contributed by atoms with Crippen LogP contribution in [0.1, 0.15) is 188 Å². The number of urea groups is 4. The summed E-state index contributed by atoms with van der Waals surface area (Å²) in [6.45, 7) is 41.9. The Hall–Kier alpha value is -11.7. The van der Waals surface area contributed by atoms with Crippen LogP contribution in [0, 0.1) is 5.92 Å². The molecule has 0 spiro atoms. The number of nitrogens with zero attached hydrogens (tertiary/aromatic N) is 10. The van der Waals surface area contributed by atoms with Crippen molar-refractivity contribution in [2.24, 2.45) is 40.9 Å². The number of aliphatic imine (C=N–C) groups is 7. The van der Waals surface area contributed by atoms with E-state index in [1.165, 1.54) is 19.3 Å². The van der Waals surface area contributed by atoms with Crippen molar-refractivity contribution in [3.63, 3.8) is 0 Å². The summed E-state index contributed by atoms with van der Waals surface area (Å²) in [7, 11) is 0. The fourth-order valence-corrected chi connectivity index (χ4v) is 12.9. The van der Waals surface area contributed by atoms with Gasteiger partial charge in [0.05, 0.1) is 57.7 Å². The number of benzene rings is 1. The maximum atomic E-state index is 12.3. The highest BCUT2D eigenvalue weighted by Gasteiger charge is 2.28. The molecule has 0 radical (unpaired) electrons. The van der Waals surface area contributed by atoms with Crippen molar-refractivity contribution in [2.75, 3.05) is 82.6 Å². The number of hydrogen-bond acceptors (Lipinski definition) is 22. The number of carbonyl (C=O) groups excluding carboxylic acids is 7. The molecule has 2 aromatic rings. The average molecular weight is 1680 g/mol. The van der Waals surface area contributed by atoms with Crippen molar-refractivity contribution in [2.45, 2.75) is 249 Å². The van der Waals surface area contributed by atoms with Gasteiger partial charge in [-0.25, -0.2) is 19.2 Å². The van der Waals surface area contributed by atoms with Gasteiger partial charge in [0.15, 0.2) is 0 Å². The molecule has 4 fully saturated rings. The van der Waals surface area contributed by atoms with Crippen LogP contribution in [0.25, 0.3) is 0 Å². The molecule has 666 valence electrons. The zero-order valence-corrected chi connectivity index (χ0v) is 75.0. The Morgan fingerprint density at radius 3 is 1.07 bits per heavy atom. The Labute approximate surface area is 722 Å². The molecule has 1 aromatic heterocycles. The second kappa shape index (κ2) is 51.2. The lowest BCUT2D eigenvalue weighted by Crippen LogP contribution is -2.45. The number of nitrogens with one attached hydrogen (secondary N) is 16. The van der Waals surface area contributed by atoms with Crippen molar-refractivity contribution in [3.8, 4) is 0 Å². The van der Waals surface area contributed by atoms with E-state index in [2.05, 4.69) is 201 Å². The summed E-state index contributed by atoms with van der Waals surface area (Å²) >= 11 is 0. The van der Waals surface area contributed by atoms with Gasteiger partial charge in [-0.3, -0.25) is 54.3 Å². The SMILES string of the molecule is CC(C)NC1=NCC(C(=O)Nc2ccccc2)=C1.CC(C)NC1=NCC(NC(=O)NC2CC2)=C1.CC(C)NC1=NCC(NC(=O)NC2CCC2)=C1.CC(C)NC1=NCC(NC(=O)NC2CCCC2)=C1.CC(C)NC1=NCC(NC(=O)Nc2cccnc2)=C1.CC1CCN(C(=O)C2=CC(NC(C)C)=NC2)CC1.CCN(CC)C(=O)C1=CC(NC(C)C)=NC1. The molecule has 33 heteroatoms. The maximum absolute atomic E-state index is 12.3. The Balaban J connectivity index is 0.000000196. The molecule has 0 bridgehead atoms. The van der Waals surface area contributed by atoms with Crippen molar-refractivity contribution in [1.82, 2.24) is 89.2 Å². The van der Waals surface area contributed by atoms with E-state index in [0.29, 0.717) is 117 Å². The highest BCUT2D eigenvalue weighted by atomic mass is 16.2. The minimum absolute atomic E-state index is 0.0921. The van der Waals surface area contributed by atoms with Gasteiger partial charge in [0.1, 0.15) is 40.8 Å². The summed E-state index contributed by atoms with van der Waals surface area (Å²) in [4.78, 5) is 121. The van der Waals surface area contributed by atoms with Crippen LogP contribution in [0.5, 0.6) is 0 Å². The fourth-order valence-electron chi connectivity index (χ4n) is 12.9. The van der Waals surface area contributed by atoms with Gasteiger partial charge < -0.3 is 94.9 Å². The van der Waals surface area contributed by atoms with Gasteiger partial charge in [-0.05, 0) is 217 Å². The summed E-state index contributed by atoms with van der Waals surface area (Å²) in [6, 6.07) is 15.8. The predicted octanol–water partition coefficient (Wildman–Crippen LogP) is 9.63. The number of carbonyl (C=O) groups is 7. The molecule has 0 unspecified atom stereocenters. The zero-order valence-electron chi connectivity index (χ0n) is 75.0. The molecule has 11 aliphatic rings. The summed E-state index contributed by atoms with van der Waals surface area (Å²) in [5.74, 6) is 6.73. The normalized spacial score (nSPS) is 17.4. The second-order valence-corrected chi connectivity index (χ2v) is 33.5. The van der Waals surface area contributed by atoms with Crippen LogP contribution in [0.3, 0.4) is 0 Å². The minimum Gasteiger partial charge on any atom is -0.368 e. The first-order valence-corrected chi connectivity index (χ1v) is 43.6. The minimum atomic E-state index is -0.291. The predicted molar refractivity (Wildman–Crippen MR) is 493 cm³/mol. The van der Waals surface area contributed by atoms with Crippen molar-refractivity contribution >= 4 is 94.1 Å². The van der Waals surface area contributed by atoms with Gasteiger partial charge in [-0.15, -0.1) is 0 Å². The number of rotatable bonds is 21. The molecule has 3 aliphatic carbocycles. The van der Waals surface area contributed by atoms with Crippen LogP contribution >= 0.6 is 0 Å². The molecule has 13 rings (SSSR count). The van der Waals surface area contributed by atoms with E-state index in [0.717, 1.165) is 164 Å². The molecule has 33 nitrogen and oxygen atoms in total. The largest absolute Gasteiger partial charge is 0.368 e. The highest BCUT2D eigenvalue weighted by Crippen LogP contribution is 2.22. The fraction of sp³-hybridized carbons (Fsp3) is 0.562. The average Bonchev–Trinajstić information content (AvgIpc) is 1.68. The van der Waals surface area contributed by atoms with Crippen LogP contribution in [0.2, 0.25) is 0 Å². The third kappa shape index (κ3) is 38.0. The standard InChI is InChI=1S/C14H23N3O.C14H17N3O.C13H17N5O.C13H22N4O.C12H20N4O.C12H21N3O.C11H18N4O/c1-10(2)16-13-8-12(9-15-13)14(18)17-6-4-11(3)5-7-17;1-10(2)16-13-8-11(9-15-13)14(18)17-12-6-4-3-5-7-12;1-9(2)16-12-6-11(8-15-12)18-13(19)17-10-4-3-5-14-7-10;1-9(2)15-12-7-11(8-14-12)17-13(18)16-10-5-3-4-6-10;1-8(2)14-11-6-10(7-13-11)16-12(17)15-9-4-3-5-9;1-5-15(6-2)12(16)10-7-11(13-8-10)14-9(3)4;1-7(2)13-10-5-9(6-12-10)15-11(16)14-8-3-4-8/h8,10-11H,4-7,9H2,1-3H3,(H,15,16);3-8,10H,9H2,1-2H3,(H,15,16)(H,17,18);3-7,9H,8H2,1-2H3,(H,15,16)(H2,17,18,19);7,9-10H,3-6,8H2,1-2H3,(H,14,15)(H2,16,17,18);6,8-9H,3-5,7H2,1-2H3,(H,13,14)(H2,15,16,17);7,9H,5-6,8H2,1-4H3,(H,13,14);5,7-8H,3-4,6H2,1-2H3,(H,12,13)(H2,14,15,16). The number of amides is 11. The van der Waals surface area contributed by atoms with Gasteiger partial charge in [0, 0.05) is 162 Å². The van der Waals surface area contributed by atoms with E-state index in [1.54, 1.807) is 30.6 Å². The topological polar surface area (TPSA) is 418 Å². The van der Waals surface area contributed by atoms with Crippen molar-refractivity contribution in [3.05, 3.63) is 137 Å². The number of likely N-dealkylation sites (tertiary alicyclic amines) is 1. The van der Waals surface area contributed by atoms with Crippen LogP contribution < -0.4 is 85.1 Å². The van der Waals surface area contributed by atoms with Gasteiger partial charge in [-0.1, -0.05) is 38.0 Å².